The third kappa shape index (κ3) is 5.52. The molecule has 0 aromatic heterocycles. The Bertz CT molecular complexity index is 363. The maximum atomic E-state index is 14.1. The van der Waals surface area contributed by atoms with E-state index in [1.807, 2.05) is 12.1 Å². The molecule has 114 valence electrons. The van der Waals surface area contributed by atoms with Gasteiger partial charge in [0, 0.05) is 13.1 Å². The number of para-hydroxylation sites is 1. The van der Waals surface area contributed by atoms with Gasteiger partial charge in [0.2, 0.25) is 0 Å². The van der Waals surface area contributed by atoms with Crippen LogP contribution in [0.25, 0.3) is 0 Å². The highest BCUT2D eigenvalue weighted by Gasteiger charge is 2.16. The maximum Gasteiger partial charge on any atom is 0.146 e. The Morgan fingerprint density at radius 1 is 0.950 bits per heavy atom. The standard InChI is InChI=1S/C18H30FN/c1-5-9-15(3)13-20(14-16(4)10-6-2)18-12-8-7-11-17(18)19/h7-8,11-12,15-16H,5-6,9-10,13-14H2,1-4H3. The molecular weight excluding hydrogens is 249 g/mol. The van der Waals surface area contributed by atoms with Crippen molar-refractivity contribution in [3.05, 3.63) is 30.1 Å². The maximum absolute atomic E-state index is 14.1. The van der Waals surface area contributed by atoms with Gasteiger partial charge in [0.1, 0.15) is 5.82 Å². The highest BCUT2D eigenvalue weighted by atomic mass is 19.1. The first kappa shape index (κ1) is 17.0. The van der Waals surface area contributed by atoms with Crippen LogP contribution >= 0.6 is 0 Å². The van der Waals surface area contributed by atoms with Crippen molar-refractivity contribution in [3.8, 4) is 0 Å². The number of halogens is 1. The molecule has 0 radical (unpaired) electrons. The lowest BCUT2D eigenvalue weighted by Crippen LogP contribution is -2.33. The summed E-state index contributed by atoms with van der Waals surface area (Å²) in [6.45, 7) is 10.8. The first-order chi connectivity index (χ1) is 9.58. The summed E-state index contributed by atoms with van der Waals surface area (Å²) in [5.41, 5.74) is 0.762. The van der Waals surface area contributed by atoms with Crippen molar-refractivity contribution >= 4 is 5.69 Å². The summed E-state index contributed by atoms with van der Waals surface area (Å²) in [4.78, 5) is 2.25. The minimum atomic E-state index is -0.0973. The molecule has 0 N–H and O–H groups in total. The lowest BCUT2D eigenvalue weighted by Gasteiger charge is -2.30. The number of anilines is 1. The lowest BCUT2D eigenvalue weighted by atomic mass is 10.0. The van der Waals surface area contributed by atoms with Crippen LogP contribution in [-0.2, 0) is 0 Å². The largest absolute Gasteiger partial charge is 0.369 e. The van der Waals surface area contributed by atoms with Crippen LogP contribution in [0.4, 0.5) is 10.1 Å². The molecule has 0 spiro atoms. The molecular formula is C18H30FN. The van der Waals surface area contributed by atoms with Gasteiger partial charge in [0.05, 0.1) is 5.69 Å². The molecule has 0 saturated carbocycles. The second-order valence-corrected chi connectivity index (χ2v) is 6.14. The molecule has 0 saturated heterocycles. The molecule has 1 nitrogen and oxygen atoms in total. The minimum absolute atomic E-state index is 0.0973. The molecule has 0 aliphatic rings. The monoisotopic (exact) mass is 279 g/mol. The first-order valence-electron chi connectivity index (χ1n) is 8.07. The predicted molar refractivity (Wildman–Crippen MR) is 86.8 cm³/mol. The zero-order valence-corrected chi connectivity index (χ0v) is 13.5. The van der Waals surface area contributed by atoms with Crippen molar-refractivity contribution in [2.24, 2.45) is 11.8 Å². The van der Waals surface area contributed by atoms with Crippen LogP contribution < -0.4 is 4.90 Å². The molecule has 20 heavy (non-hydrogen) atoms. The zero-order chi connectivity index (χ0) is 15.0. The van der Waals surface area contributed by atoms with E-state index in [1.54, 1.807) is 12.1 Å². The number of hydrogen-bond acceptors (Lipinski definition) is 1. The zero-order valence-electron chi connectivity index (χ0n) is 13.5. The van der Waals surface area contributed by atoms with Gasteiger partial charge in [0.15, 0.2) is 0 Å². The molecule has 1 rings (SSSR count). The SMILES string of the molecule is CCCC(C)CN(CC(C)CCC)c1ccccc1F. The Kier molecular flexibility index (Phi) is 7.64. The van der Waals surface area contributed by atoms with Crippen LogP contribution in [-0.4, -0.2) is 13.1 Å². The summed E-state index contributed by atoms with van der Waals surface area (Å²) >= 11 is 0. The van der Waals surface area contributed by atoms with Crippen molar-refractivity contribution in [2.75, 3.05) is 18.0 Å². The fraction of sp³-hybridized carbons (Fsp3) is 0.667. The molecule has 1 aromatic carbocycles. The minimum Gasteiger partial charge on any atom is -0.369 e. The van der Waals surface area contributed by atoms with Gasteiger partial charge in [-0.2, -0.15) is 0 Å². The third-order valence-electron chi connectivity index (χ3n) is 3.82. The summed E-state index contributed by atoms with van der Waals surface area (Å²) in [6.07, 6.45) is 4.79. The van der Waals surface area contributed by atoms with Gasteiger partial charge in [-0.1, -0.05) is 52.7 Å². The normalized spacial score (nSPS) is 14.1. The average Bonchev–Trinajstić information content (AvgIpc) is 2.39. The van der Waals surface area contributed by atoms with Crippen molar-refractivity contribution in [3.63, 3.8) is 0 Å². The van der Waals surface area contributed by atoms with E-state index in [2.05, 4.69) is 32.6 Å². The first-order valence-corrected chi connectivity index (χ1v) is 8.07. The molecule has 0 bridgehead atoms. The van der Waals surface area contributed by atoms with E-state index in [1.165, 1.54) is 25.7 Å². The molecule has 2 unspecified atom stereocenters. The van der Waals surface area contributed by atoms with Crippen molar-refractivity contribution < 1.29 is 4.39 Å². The van der Waals surface area contributed by atoms with Gasteiger partial charge in [-0.05, 0) is 36.8 Å². The Morgan fingerprint density at radius 3 is 1.90 bits per heavy atom. The molecule has 0 heterocycles. The Hall–Kier alpha value is -1.05. The summed E-state index contributed by atoms with van der Waals surface area (Å²) in [5.74, 6) is 1.11. The van der Waals surface area contributed by atoms with E-state index in [9.17, 15) is 4.39 Å². The smallest absolute Gasteiger partial charge is 0.146 e. The number of benzene rings is 1. The second kappa shape index (κ2) is 8.99. The van der Waals surface area contributed by atoms with Crippen molar-refractivity contribution in [2.45, 2.75) is 53.4 Å². The fourth-order valence-electron chi connectivity index (χ4n) is 2.90. The molecule has 2 heteroatoms. The quantitative estimate of drug-likeness (QED) is 0.576. The van der Waals surface area contributed by atoms with E-state index in [4.69, 9.17) is 0 Å². The van der Waals surface area contributed by atoms with Gasteiger partial charge in [-0.15, -0.1) is 0 Å². The molecule has 0 aliphatic heterocycles. The molecule has 0 amide bonds. The molecule has 2 atom stereocenters. The van der Waals surface area contributed by atoms with Crippen LogP contribution in [0.15, 0.2) is 24.3 Å². The fourth-order valence-corrected chi connectivity index (χ4v) is 2.90. The lowest BCUT2D eigenvalue weighted by molar-refractivity contribution is 0.458. The van der Waals surface area contributed by atoms with Crippen LogP contribution in [0.1, 0.15) is 53.4 Å². The van der Waals surface area contributed by atoms with Crippen molar-refractivity contribution in [1.29, 1.82) is 0 Å². The van der Waals surface area contributed by atoms with Gasteiger partial charge in [-0.3, -0.25) is 0 Å². The molecule has 1 aromatic rings. The number of hydrogen-bond donors (Lipinski definition) is 0. The van der Waals surface area contributed by atoms with Gasteiger partial charge < -0.3 is 4.90 Å². The molecule has 0 fully saturated rings. The Labute approximate surface area is 124 Å². The third-order valence-corrected chi connectivity index (χ3v) is 3.82. The van der Waals surface area contributed by atoms with Crippen molar-refractivity contribution in [1.82, 2.24) is 0 Å². The average molecular weight is 279 g/mol. The summed E-state index contributed by atoms with van der Waals surface area (Å²) in [7, 11) is 0. The predicted octanol–water partition coefficient (Wildman–Crippen LogP) is 5.50. The summed E-state index contributed by atoms with van der Waals surface area (Å²) < 4.78 is 14.1. The number of rotatable bonds is 9. The highest BCUT2D eigenvalue weighted by Crippen LogP contribution is 2.23. The summed E-state index contributed by atoms with van der Waals surface area (Å²) in [5, 5.41) is 0. The van der Waals surface area contributed by atoms with E-state index in [0.29, 0.717) is 11.8 Å². The number of nitrogens with zero attached hydrogens (tertiary/aromatic N) is 1. The van der Waals surface area contributed by atoms with Crippen LogP contribution in [0.5, 0.6) is 0 Å². The Balaban J connectivity index is 2.81. The van der Waals surface area contributed by atoms with Gasteiger partial charge in [-0.25, -0.2) is 4.39 Å². The van der Waals surface area contributed by atoms with Gasteiger partial charge >= 0.3 is 0 Å². The van der Waals surface area contributed by atoms with Crippen LogP contribution in [0, 0.1) is 17.7 Å². The van der Waals surface area contributed by atoms with E-state index < -0.39 is 0 Å². The van der Waals surface area contributed by atoms with E-state index >= 15 is 0 Å². The van der Waals surface area contributed by atoms with Gasteiger partial charge in [0.25, 0.3) is 0 Å². The van der Waals surface area contributed by atoms with Crippen LogP contribution in [0.2, 0.25) is 0 Å². The highest BCUT2D eigenvalue weighted by molar-refractivity contribution is 5.47. The molecule has 0 aliphatic carbocycles. The van der Waals surface area contributed by atoms with E-state index in [0.717, 1.165) is 18.8 Å². The topological polar surface area (TPSA) is 3.24 Å². The summed E-state index contributed by atoms with van der Waals surface area (Å²) in [6, 6.07) is 7.17. The van der Waals surface area contributed by atoms with Crippen LogP contribution in [0.3, 0.4) is 0 Å². The Morgan fingerprint density at radius 2 is 1.45 bits per heavy atom. The second-order valence-electron chi connectivity index (χ2n) is 6.14. The van der Waals surface area contributed by atoms with E-state index in [-0.39, 0.29) is 5.82 Å².